The van der Waals surface area contributed by atoms with Crippen molar-refractivity contribution >= 4 is 21.1 Å². The summed E-state index contributed by atoms with van der Waals surface area (Å²) < 4.78 is 65.9. The first kappa shape index (κ1) is 20.2. The quantitative estimate of drug-likeness (QED) is 0.595. The lowest BCUT2D eigenvalue weighted by atomic mass is 10.1. The fourth-order valence-corrected chi connectivity index (χ4v) is 3.91. The molecule has 0 aromatic carbocycles. The first-order valence-electron chi connectivity index (χ1n) is 8.09. The SMILES string of the molecule is CC(C)(CO)NS(=O)(=O)c1ccc(-c2ccnc3[nH]c(C(F)(F)F)cc23)nc1. The molecule has 3 rings (SSSR count). The van der Waals surface area contributed by atoms with E-state index in [0.29, 0.717) is 11.3 Å². The van der Waals surface area contributed by atoms with Crippen molar-refractivity contribution in [2.45, 2.75) is 30.5 Å². The van der Waals surface area contributed by atoms with Gasteiger partial charge in [0.15, 0.2) is 0 Å². The van der Waals surface area contributed by atoms with Gasteiger partial charge in [-0.3, -0.25) is 4.98 Å². The minimum Gasteiger partial charge on any atom is -0.394 e. The maximum Gasteiger partial charge on any atom is 0.431 e. The first-order chi connectivity index (χ1) is 12.9. The lowest BCUT2D eigenvalue weighted by molar-refractivity contribution is -0.140. The molecule has 3 aromatic rings. The van der Waals surface area contributed by atoms with Crippen LogP contribution in [0, 0.1) is 0 Å². The number of rotatable bonds is 5. The zero-order valence-electron chi connectivity index (χ0n) is 14.9. The zero-order chi connectivity index (χ0) is 20.7. The van der Waals surface area contributed by atoms with Gasteiger partial charge in [0, 0.05) is 23.3 Å². The molecule has 3 heterocycles. The van der Waals surface area contributed by atoms with Crippen molar-refractivity contribution in [3.63, 3.8) is 0 Å². The van der Waals surface area contributed by atoms with Gasteiger partial charge in [-0.25, -0.2) is 18.1 Å². The van der Waals surface area contributed by atoms with E-state index in [4.69, 9.17) is 0 Å². The van der Waals surface area contributed by atoms with Gasteiger partial charge in [-0.1, -0.05) is 0 Å². The van der Waals surface area contributed by atoms with Crippen molar-refractivity contribution in [1.82, 2.24) is 19.7 Å². The van der Waals surface area contributed by atoms with Gasteiger partial charge >= 0.3 is 6.18 Å². The lowest BCUT2D eigenvalue weighted by Crippen LogP contribution is -2.46. The minimum atomic E-state index is -4.55. The van der Waals surface area contributed by atoms with Crippen molar-refractivity contribution < 1.29 is 26.7 Å². The predicted molar refractivity (Wildman–Crippen MR) is 95.8 cm³/mol. The second-order valence-electron chi connectivity index (χ2n) is 6.83. The molecule has 150 valence electrons. The monoisotopic (exact) mass is 414 g/mol. The summed E-state index contributed by atoms with van der Waals surface area (Å²) in [5, 5.41) is 9.45. The Labute approximate surface area is 158 Å². The molecular weight excluding hydrogens is 397 g/mol. The second-order valence-corrected chi connectivity index (χ2v) is 8.51. The number of sulfonamides is 1. The Kier molecular flexibility index (Phi) is 4.94. The van der Waals surface area contributed by atoms with Crippen LogP contribution in [0.5, 0.6) is 0 Å². The average Bonchev–Trinajstić information content (AvgIpc) is 3.06. The van der Waals surface area contributed by atoms with Crippen LogP contribution in [-0.2, 0) is 16.2 Å². The van der Waals surface area contributed by atoms with Gasteiger partial charge in [0.2, 0.25) is 10.0 Å². The summed E-state index contributed by atoms with van der Waals surface area (Å²) in [6, 6.07) is 5.13. The molecule has 0 bridgehead atoms. The van der Waals surface area contributed by atoms with Gasteiger partial charge in [-0.05, 0) is 38.1 Å². The van der Waals surface area contributed by atoms with Crippen molar-refractivity contribution in [3.8, 4) is 11.3 Å². The van der Waals surface area contributed by atoms with Crippen LogP contribution < -0.4 is 4.72 Å². The van der Waals surface area contributed by atoms with Gasteiger partial charge < -0.3 is 10.1 Å². The van der Waals surface area contributed by atoms with Gasteiger partial charge in [0.1, 0.15) is 16.2 Å². The van der Waals surface area contributed by atoms with Crippen LogP contribution in [0.15, 0.2) is 41.6 Å². The standard InChI is InChI=1S/C17H17F3N4O3S/c1-16(2,9-25)24-28(26,27)10-3-4-13(22-8-10)11-5-6-21-15-12(11)7-14(23-15)17(18,19)20/h3-8,24-25H,9H2,1-2H3,(H,21,23). The molecule has 0 fully saturated rings. The van der Waals surface area contributed by atoms with E-state index in [0.717, 1.165) is 12.3 Å². The molecule has 0 aliphatic heterocycles. The average molecular weight is 414 g/mol. The molecule has 0 amide bonds. The molecule has 0 saturated carbocycles. The highest BCUT2D eigenvalue weighted by Crippen LogP contribution is 2.34. The van der Waals surface area contributed by atoms with Crippen molar-refractivity contribution in [3.05, 3.63) is 42.4 Å². The highest BCUT2D eigenvalue weighted by atomic mass is 32.2. The van der Waals surface area contributed by atoms with Gasteiger partial charge in [0.25, 0.3) is 0 Å². The number of hydrogen-bond donors (Lipinski definition) is 3. The van der Waals surface area contributed by atoms with Crippen LogP contribution in [-0.4, -0.2) is 40.6 Å². The van der Waals surface area contributed by atoms with Crippen molar-refractivity contribution in [1.29, 1.82) is 0 Å². The molecule has 0 atom stereocenters. The third-order valence-electron chi connectivity index (χ3n) is 3.97. The summed E-state index contributed by atoms with van der Waals surface area (Å²) in [7, 11) is -3.93. The molecule has 3 N–H and O–H groups in total. The van der Waals surface area contributed by atoms with E-state index in [1.165, 1.54) is 38.2 Å². The Bertz CT molecular complexity index is 1110. The fraction of sp³-hybridized carbons (Fsp3) is 0.294. The maximum atomic E-state index is 12.9. The highest BCUT2D eigenvalue weighted by Gasteiger charge is 2.33. The molecule has 0 spiro atoms. The van der Waals surface area contributed by atoms with Crippen LogP contribution in [0.25, 0.3) is 22.3 Å². The third kappa shape index (κ3) is 4.01. The lowest BCUT2D eigenvalue weighted by Gasteiger charge is -2.23. The number of fused-ring (bicyclic) bond motifs is 1. The fourth-order valence-electron chi connectivity index (χ4n) is 2.56. The summed E-state index contributed by atoms with van der Waals surface area (Å²) in [4.78, 5) is 10.1. The van der Waals surface area contributed by atoms with Crippen molar-refractivity contribution in [2.75, 3.05) is 6.61 Å². The molecule has 11 heteroatoms. The summed E-state index contributed by atoms with van der Waals surface area (Å²) in [6.07, 6.45) is -2.10. The number of H-pyrrole nitrogens is 1. The number of aliphatic hydroxyl groups excluding tert-OH is 1. The Hall–Kier alpha value is -2.50. The molecular formula is C17H17F3N4O3S. The predicted octanol–water partition coefficient (Wildman–Crippen LogP) is 2.69. The number of nitrogens with zero attached hydrogens (tertiary/aromatic N) is 2. The maximum absolute atomic E-state index is 12.9. The van der Waals surface area contributed by atoms with E-state index in [9.17, 15) is 26.7 Å². The Morgan fingerprint density at radius 2 is 1.89 bits per heavy atom. The Morgan fingerprint density at radius 1 is 1.18 bits per heavy atom. The van der Waals surface area contributed by atoms with Crippen LogP contribution in [0.4, 0.5) is 13.2 Å². The molecule has 28 heavy (non-hydrogen) atoms. The minimum absolute atomic E-state index is 0.0506. The largest absolute Gasteiger partial charge is 0.431 e. The number of nitrogens with one attached hydrogen (secondary N) is 2. The molecule has 0 aliphatic rings. The Morgan fingerprint density at radius 3 is 2.46 bits per heavy atom. The van der Waals surface area contributed by atoms with E-state index < -0.39 is 34.0 Å². The van der Waals surface area contributed by atoms with E-state index >= 15 is 0 Å². The van der Waals surface area contributed by atoms with Crippen LogP contribution in [0.1, 0.15) is 19.5 Å². The smallest absolute Gasteiger partial charge is 0.394 e. The van der Waals surface area contributed by atoms with Crippen LogP contribution in [0.2, 0.25) is 0 Å². The van der Waals surface area contributed by atoms with E-state index in [-0.39, 0.29) is 15.9 Å². The number of pyridine rings is 2. The van der Waals surface area contributed by atoms with E-state index in [1.807, 2.05) is 0 Å². The van der Waals surface area contributed by atoms with Gasteiger partial charge in [-0.2, -0.15) is 13.2 Å². The van der Waals surface area contributed by atoms with Gasteiger partial charge in [-0.15, -0.1) is 0 Å². The van der Waals surface area contributed by atoms with Crippen LogP contribution in [0.3, 0.4) is 0 Å². The molecule has 0 radical (unpaired) electrons. The number of aliphatic hydroxyl groups is 1. The summed E-state index contributed by atoms with van der Waals surface area (Å²) >= 11 is 0. The number of hydrogen-bond acceptors (Lipinski definition) is 5. The molecule has 7 nitrogen and oxygen atoms in total. The third-order valence-corrected chi connectivity index (χ3v) is 5.65. The highest BCUT2D eigenvalue weighted by molar-refractivity contribution is 7.89. The number of aromatic nitrogens is 3. The summed E-state index contributed by atoms with van der Waals surface area (Å²) in [5.41, 5.74) is -1.27. The number of aromatic amines is 1. The van der Waals surface area contributed by atoms with E-state index in [1.54, 1.807) is 0 Å². The molecule has 0 unspecified atom stereocenters. The number of alkyl halides is 3. The molecule has 3 aromatic heterocycles. The normalized spacial score (nSPS) is 13.2. The zero-order valence-corrected chi connectivity index (χ0v) is 15.7. The number of halogens is 3. The molecule has 0 saturated heterocycles. The van der Waals surface area contributed by atoms with Gasteiger partial charge in [0.05, 0.1) is 17.8 Å². The second kappa shape index (κ2) is 6.83. The summed E-state index contributed by atoms with van der Waals surface area (Å²) in [5.74, 6) is 0. The van der Waals surface area contributed by atoms with Crippen molar-refractivity contribution in [2.24, 2.45) is 0 Å². The first-order valence-corrected chi connectivity index (χ1v) is 9.57. The van der Waals surface area contributed by atoms with Crippen LogP contribution >= 0.6 is 0 Å². The van der Waals surface area contributed by atoms with E-state index in [2.05, 4.69) is 19.7 Å². The Balaban J connectivity index is 1.99. The topological polar surface area (TPSA) is 108 Å². The molecule has 0 aliphatic carbocycles. The summed E-state index contributed by atoms with van der Waals surface area (Å²) in [6.45, 7) is 2.64.